The number of hydrogen-bond acceptors (Lipinski definition) is 5. The Morgan fingerprint density at radius 3 is 1.90 bits per heavy atom. The van der Waals surface area contributed by atoms with Crippen molar-refractivity contribution in [3.8, 4) is 5.75 Å². The average Bonchev–Trinajstić information content (AvgIpc) is 2.76. The van der Waals surface area contributed by atoms with Crippen LogP contribution < -0.4 is 4.74 Å². The molecule has 0 aromatic heterocycles. The largest absolute Gasteiger partial charge is 0.497 e. The molecule has 0 radical (unpaired) electrons. The van der Waals surface area contributed by atoms with Crippen LogP contribution in [0.25, 0.3) is 0 Å². The van der Waals surface area contributed by atoms with Crippen molar-refractivity contribution in [2.45, 2.75) is 6.54 Å². The van der Waals surface area contributed by atoms with Crippen LogP contribution in [0.4, 0.5) is 0 Å². The molecule has 0 atom stereocenters. The third-order valence-electron chi connectivity index (χ3n) is 4.50. The van der Waals surface area contributed by atoms with E-state index in [0.29, 0.717) is 5.56 Å². The molecule has 0 aliphatic carbocycles. The second-order valence-corrected chi connectivity index (χ2v) is 6.97. The van der Waals surface area contributed by atoms with E-state index < -0.39 is 11.9 Å². The number of carboxylic acids is 2. The van der Waals surface area contributed by atoms with Gasteiger partial charge >= 0.3 is 11.9 Å². The minimum absolute atomic E-state index is 0.0868. The van der Waals surface area contributed by atoms with Crippen molar-refractivity contribution in [1.82, 2.24) is 9.80 Å². The van der Waals surface area contributed by atoms with Crippen molar-refractivity contribution in [3.63, 3.8) is 0 Å². The van der Waals surface area contributed by atoms with Crippen LogP contribution in [0.15, 0.2) is 48.5 Å². The number of methoxy groups -OCH3 is 1. The summed E-state index contributed by atoms with van der Waals surface area (Å²) < 4.78 is 5.13. The molecule has 1 aliphatic heterocycles. The molecule has 1 fully saturated rings. The summed E-state index contributed by atoms with van der Waals surface area (Å²) in [5.41, 5.74) is 1.95. The lowest BCUT2D eigenvalue weighted by Crippen LogP contribution is -2.48. The molecule has 3 rings (SSSR count). The number of rotatable bonds is 4. The summed E-state index contributed by atoms with van der Waals surface area (Å²) >= 11 is 5.92. The van der Waals surface area contributed by atoms with Gasteiger partial charge in [0.25, 0.3) is 5.91 Å². The first-order valence-electron chi connectivity index (χ1n) is 9.16. The van der Waals surface area contributed by atoms with E-state index in [1.807, 2.05) is 41.3 Å². The number of hydrogen-bond donors (Lipinski definition) is 2. The summed E-state index contributed by atoms with van der Waals surface area (Å²) in [6, 6.07) is 15.2. The minimum atomic E-state index is -1.82. The van der Waals surface area contributed by atoms with Crippen LogP contribution in [0.5, 0.6) is 5.75 Å². The number of carbonyl (C=O) groups is 3. The van der Waals surface area contributed by atoms with Gasteiger partial charge in [-0.3, -0.25) is 9.69 Å². The highest BCUT2D eigenvalue weighted by Crippen LogP contribution is 2.16. The number of ether oxygens (including phenoxy) is 1. The normalized spacial score (nSPS) is 13.7. The predicted octanol–water partition coefficient (Wildman–Crippen LogP) is 2.46. The van der Waals surface area contributed by atoms with E-state index in [9.17, 15) is 4.79 Å². The van der Waals surface area contributed by atoms with Gasteiger partial charge in [-0.2, -0.15) is 0 Å². The van der Waals surface area contributed by atoms with Crippen LogP contribution in [0.2, 0.25) is 5.02 Å². The molecule has 1 heterocycles. The van der Waals surface area contributed by atoms with Crippen LogP contribution in [-0.4, -0.2) is 71.1 Å². The van der Waals surface area contributed by atoms with Crippen LogP contribution in [0.3, 0.4) is 0 Å². The second-order valence-electron chi connectivity index (χ2n) is 6.53. The van der Waals surface area contributed by atoms with Gasteiger partial charge in [-0.1, -0.05) is 23.7 Å². The fourth-order valence-electron chi connectivity index (χ4n) is 2.87. The van der Waals surface area contributed by atoms with Gasteiger partial charge in [0.1, 0.15) is 5.75 Å². The lowest BCUT2D eigenvalue weighted by atomic mass is 10.1. The Bertz CT molecular complexity index is 850. The number of piperazine rings is 1. The van der Waals surface area contributed by atoms with Crippen LogP contribution in [-0.2, 0) is 16.1 Å². The summed E-state index contributed by atoms with van der Waals surface area (Å²) in [5, 5.41) is 15.5. The Hall–Kier alpha value is -3.10. The summed E-state index contributed by atoms with van der Waals surface area (Å²) in [4.78, 5) is 35.0. The molecule has 30 heavy (non-hydrogen) atoms. The van der Waals surface area contributed by atoms with Crippen molar-refractivity contribution in [2.24, 2.45) is 0 Å². The maximum absolute atomic E-state index is 12.6. The smallest absolute Gasteiger partial charge is 0.414 e. The van der Waals surface area contributed by atoms with E-state index >= 15 is 0 Å². The standard InChI is InChI=1S/C19H21ClN2O2.C2H2O4/c1-24-18-8-4-16(5-9-18)19(23)22-12-10-21(11-13-22)14-15-2-6-17(20)7-3-15;3-1(4)2(5)6/h2-9H,10-14H2,1H3;(H,3,4)(H,5,6). The highest BCUT2D eigenvalue weighted by Gasteiger charge is 2.22. The van der Waals surface area contributed by atoms with Gasteiger partial charge in [0.05, 0.1) is 7.11 Å². The summed E-state index contributed by atoms with van der Waals surface area (Å²) in [6.07, 6.45) is 0. The SMILES string of the molecule is COc1ccc(C(=O)N2CCN(Cc3ccc(Cl)cc3)CC2)cc1.O=C(O)C(=O)O. The Morgan fingerprint density at radius 2 is 1.43 bits per heavy atom. The van der Waals surface area contributed by atoms with Crippen molar-refractivity contribution in [3.05, 3.63) is 64.7 Å². The Labute approximate surface area is 179 Å². The maximum Gasteiger partial charge on any atom is 0.414 e. The topological polar surface area (TPSA) is 107 Å². The second kappa shape index (κ2) is 11.2. The number of nitrogens with zero attached hydrogens (tertiary/aromatic N) is 2. The molecule has 1 aliphatic rings. The van der Waals surface area contributed by atoms with E-state index in [-0.39, 0.29) is 5.91 Å². The molecule has 8 nitrogen and oxygen atoms in total. The van der Waals surface area contributed by atoms with E-state index in [1.54, 1.807) is 7.11 Å². The summed E-state index contributed by atoms with van der Waals surface area (Å²) in [6.45, 7) is 4.15. The first-order valence-corrected chi connectivity index (χ1v) is 9.54. The lowest BCUT2D eigenvalue weighted by Gasteiger charge is -2.34. The molecule has 0 unspecified atom stereocenters. The van der Waals surface area contributed by atoms with E-state index in [4.69, 9.17) is 36.1 Å². The zero-order valence-electron chi connectivity index (χ0n) is 16.5. The minimum Gasteiger partial charge on any atom is -0.497 e. The van der Waals surface area contributed by atoms with Crippen molar-refractivity contribution >= 4 is 29.4 Å². The van der Waals surface area contributed by atoms with E-state index in [0.717, 1.165) is 43.5 Å². The molecule has 0 bridgehead atoms. The quantitative estimate of drug-likeness (QED) is 0.711. The Balaban J connectivity index is 0.000000469. The lowest BCUT2D eigenvalue weighted by molar-refractivity contribution is -0.159. The molecule has 160 valence electrons. The van der Waals surface area contributed by atoms with Gasteiger partial charge in [0.2, 0.25) is 0 Å². The number of halogens is 1. The van der Waals surface area contributed by atoms with Crippen LogP contribution in [0.1, 0.15) is 15.9 Å². The third-order valence-corrected chi connectivity index (χ3v) is 4.75. The fraction of sp³-hybridized carbons (Fsp3) is 0.286. The highest BCUT2D eigenvalue weighted by molar-refractivity contribution is 6.30. The van der Waals surface area contributed by atoms with Gasteiger partial charge in [0, 0.05) is 43.3 Å². The molecule has 9 heteroatoms. The maximum atomic E-state index is 12.6. The first-order chi connectivity index (χ1) is 14.3. The number of carbonyl (C=O) groups excluding carboxylic acids is 1. The highest BCUT2D eigenvalue weighted by atomic mass is 35.5. The van der Waals surface area contributed by atoms with Crippen molar-refractivity contribution in [1.29, 1.82) is 0 Å². The molecule has 2 N–H and O–H groups in total. The molecular formula is C21H23ClN2O6. The van der Waals surface area contributed by atoms with Crippen molar-refractivity contribution in [2.75, 3.05) is 33.3 Å². The summed E-state index contributed by atoms with van der Waals surface area (Å²) in [7, 11) is 1.62. The fourth-order valence-corrected chi connectivity index (χ4v) is 3.00. The monoisotopic (exact) mass is 434 g/mol. The van der Waals surface area contributed by atoms with Gasteiger partial charge in [-0.05, 0) is 42.0 Å². The van der Waals surface area contributed by atoms with Gasteiger partial charge < -0.3 is 19.8 Å². The first kappa shape index (κ1) is 23.2. The molecule has 2 aromatic rings. The number of benzene rings is 2. The van der Waals surface area contributed by atoms with Crippen LogP contribution in [0, 0.1) is 0 Å². The Kier molecular flexibility index (Phi) is 8.64. The number of amides is 1. The van der Waals surface area contributed by atoms with Crippen LogP contribution >= 0.6 is 11.6 Å². The Morgan fingerprint density at radius 1 is 0.900 bits per heavy atom. The van der Waals surface area contributed by atoms with Crippen molar-refractivity contribution < 1.29 is 29.3 Å². The zero-order valence-corrected chi connectivity index (χ0v) is 17.2. The molecule has 0 saturated carbocycles. The van der Waals surface area contributed by atoms with Gasteiger partial charge in [-0.15, -0.1) is 0 Å². The third kappa shape index (κ3) is 7.06. The predicted molar refractivity (Wildman–Crippen MR) is 111 cm³/mol. The molecule has 1 saturated heterocycles. The van der Waals surface area contributed by atoms with E-state index in [1.165, 1.54) is 5.56 Å². The molecule has 0 spiro atoms. The van der Waals surface area contributed by atoms with Gasteiger partial charge in [0.15, 0.2) is 0 Å². The van der Waals surface area contributed by atoms with E-state index in [2.05, 4.69) is 17.0 Å². The number of aliphatic carboxylic acids is 2. The number of carboxylic acid groups (broad SMARTS) is 2. The zero-order chi connectivity index (χ0) is 22.1. The average molecular weight is 435 g/mol. The summed E-state index contributed by atoms with van der Waals surface area (Å²) in [5.74, 6) is -2.80. The molecule has 2 aromatic carbocycles. The van der Waals surface area contributed by atoms with Gasteiger partial charge in [-0.25, -0.2) is 9.59 Å². The molecular weight excluding hydrogens is 412 g/mol. The molecule has 1 amide bonds.